The smallest absolute Gasteiger partial charge is 0.346 e. The second-order valence-corrected chi connectivity index (χ2v) is 7.92. The van der Waals surface area contributed by atoms with Crippen LogP contribution in [0.4, 0.5) is 4.39 Å². The van der Waals surface area contributed by atoms with E-state index in [4.69, 9.17) is 9.47 Å². The van der Waals surface area contributed by atoms with Crippen LogP contribution in [0.3, 0.4) is 0 Å². The summed E-state index contributed by atoms with van der Waals surface area (Å²) < 4.78 is 25.1. The monoisotopic (exact) mass is 398 g/mol. The van der Waals surface area contributed by atoms with Gasteiger partial charge in [0.05, 0.1) is 12.2 Å². The van der Waals surface area contributed by atoms with E-state index in [0.717, 1.165) is 25.2 Å². The van der Waals surface area contributed by atoms with Crippen LogP contribution in [-0.4, -0.2) is 12.6 Å². The van der Waals surface area contributed by atoms with Crippen molar-refractivity contribution < 1.29 is 18.7 Å². The first-order valence-electron chi connectivity index (χ1n) is 10.9. The lowest BCUT2D eigenvalue weighted by Crippen LogP contribution is -2.11. The van der Waals surface area contributed by atoms with E-state index in [-0.39, 0.29) is 5.56 Å². The fraction of sp³-hybridized carbons (Fsp3) is 0.480. The van der Waals surface area contributed by atoms with E-state index in [1.54, 1.807) is 18.2 Å². The molecule has 0 radical (unpaired) electrons. The van der Waals surface area contributed by atoms with E-state index in [1.165, 1.54) is 56.2 Å². The first kappa shape index (κ1) is 21.4. The maximum Gasteiger partial charge on any atom is 0.346 e. The van der Waals surface area contributed by atoms with Gasteiger partial charge in [-0.2, -0.15) is 0 Å². The van der Waals surface area contributed by atoms with Crippen LogP contribution in [0.5, 0.6) is 11.5 Å². The van der Waals surface area contributed by atoms with Crippen molar-refractivity contribution in [2.45, 2.75) is 64.7 Å². The van der Waals surface area contributed by atoms with Crippen LogP contribution >= 0.6 is 0 Å². The fourth-order valence-electron chi connectivity index (χ4n) is 3.82. The molecule has 2 aromatic carbocycles. The molecule has 0 saturated heterocycles. The van der Waals surface area contributed by atoms with Gasteiger partial charge in [-0.1, -0.05) is 57.6 Å². The molecule has 0 heterocycles. The Morgan fingerprint density at radius 2 is 1.76 bits per heavy atom. The predicted molar refractivity (Wildman–Crippen MR) is 113 cm³/mol. The molecule has 1 aliphatic carbocycles. The zero-order valence-electron chi connectivity index (χ0n) is 17.3. The molecule has 0 atom stereocenters. The molecular weight excluding hydrogens is 367 g/mol. The van der Waals surface area contributed by atoms with Crippen LogP contribution in [0.15, 0.2) is 42.5 Å². The van der Waals surface area contributed by atoms with Gasteiger partial charge in [-0.3, -0.25) is 0 Å². The van der Waals surface area contributed by atoms with Crippen LogP contribution in [0.25, 0.3) is 0 Å². The Morgan fingerprint density at radius 3 is 2.45 bits per heavy atom. The van der Waals surface area contributed by atoms with Gasteiger partial charge in [0.15, 0.2) is 0 Å². The molecule has 29 heavy (non-hydrogen) atoms. The maximum atomic E-state index is 14.3. The van der Waals surface area contributed by atoms with E-state index in [2.05, 4.69) is 6.92 Å². The molecule has 2 aromatic rings. The van der Waals surface area contributed by atoms with Crippen molar-refractivity contribution in [1.82, 2.24) is 0 Å². The largest absolute Gasteiger partial charge is 0.493 e. The summed E-state index contributed by atoms with van der Waals surface area (Å²) >= 11 is 0. The topological polar surface area (TPSA) is 35.5 Å². The summed E-state index contributed by atoms with van der Waals surface area (Å²) in [5.41, 5.74) is 1.16. The molecule has 4 heteroatoms. The SMILES string of the molecule is CCCCOc1ccc(C(=O)Oc2ccc(CCC3CCCCC3)cc2)c(F)c1. The first-order valence-corrected chi connectivity index (χ1v) is 10.9. The summed E-state index contributed by atoms with van der Waals surface area (Å²) in [5.74, 6) is 0.373. The van der Waals surface area contributed by atoms with Gasteiger partial charge in [-0.15, -0.1) is 0 Å². The number of aryl methyl sites for hydroxylation is 1. The molecule has 0 bridgehead atoms. The number of esters is 1. The van der Waals surface area contributed by atoms with Crippen molar-refractivity contribution in [3.63, 3.8) is 0 Å². The maximum absolute atomic E-state index is 14.3. The van der Waals surface area contributed by atoms with E-state index in [9.17, 15) is 9.18 Å². The Hall–Kier alpha value is -2.36. The summed E-state index contributed by atoms with van der Waals surface area (Å²) in [7, 11) is 0. The molecule has 0 aromatic heterocycles. The molecule has 0 N–H and O–H groups in total. The van der Waals surface area contributed by atoms with Crippen molar-refractivity contribution in [2.24, 2.45) is 5.92 Å². The predicted octanol–water partition coefficient (Wildman–Crippen LogP) is 6.74. The molecule has 3 nitrogen and oxygen atoms in total. The number of ether oxygens (including phenoxy) is 2. The van der Waals surface area contributed by atoms with Crippen molar-refractivity contribution in [3.8, 4) is 11.5 Å². The van der Waals surface area contributed by atoms with Crippen LogP contribution < -0.4 is 9.47 Å². The van der Waals surface area contributed by atoms with Crippen LogP contribution in [-0.2, 0) is 6.42 Å². The Kier molecular flexibility index (Phi) is 8.09. The normalized spacial score (nSPS) is 14.6. The standard InChI is InChI=1S/C25H31FO3/c1-2-3-17-28-22-15-16-23(24(26)18-22)25(27)29-21-13-11-20(12-14-21)10-9-19-7-5-4-6-8-19/h11-16,18-19H,2-10,17H2,1H3. The molecule has 1 aliphatic rings. The van der Waals surface area contributed by atoms with Gasteiger partial charge in [0.25, 0.3) is 0 Å². The average Bonchev–Trinajstić information content (AvgIpc) is 2.74. The van der Waals surface area contributed by atoms with E-state index >= 15 is 0 Å². The lowest BCUT2D eigenvalue weighted by molar-refractivity contribution is 0.0730. The highest BCUT2D eigenvalue weighted by Crippen LogP contribution is 2.28. The van der Waals surface area contributed by atoms with E-state index in [0.29, 0.717) is 18.1 Å². The molecule has 0 aliphatic heterocycles. The van der Waals surface area contributed by atoms with Gasteiger partial charge in [0, 0.05) is 6.07 Å². The van der Waals surface area contributed by atoms with E-state index < -0.39 is 11.8 Å². The van der Waals surface area contributed by atoms with Crippen LogP contribution in [0.2, 0.25) is 0 Å². The van der Waals surface area contributed by atoms with Crippen molar-refractivity contribution >= 4 is 5.97 Å². The number of carbonyl (C=O) groups excluding carboxylic acids is 1. The summed E-state index contributed by atoms with van der Waals surface area (Å²) in [4.78, 5) is 12.3. The van der Waals surface area contributed by atoms with Gasteiger partial charge in [-0.25, -0.2) is 9.18 Å². The van der Waals surface area contributed by atoms with E-state index in [1.807, 2.05) is 12.1 Å². The minimum absolute atomic E-state index is 0.0887. The summed E-state index contributed by atoms with van der Waals surface area (Å²) in [6.07, 6.45) is 11.0. The second-order valence-electron chi connectivity index (χ2n) is 7.92. The highest BCUT2D eigenvalue weighted by molar-refractivity contribution is 5.91. The van der Waals surface area contributed by atoms with Gasteiger partial charge >= 0.3 is 5.97 Å². The number of benzene rings is 2. The minimum Gasteiger partial charge on any atom is -0.493 e. The average molecular weight is 399 g/mol. The van der Waals surface area contributed by atoms with Crippen molar-refractivity contribution in [1.29, 1.82) is 0 Å². The first-order chi connectivity index (χ1) is 14.2. The third-order valence-corrected chi connectivity index (χ3v) is 5.63. The number of carbonyl (C=O) groups is 1. The number of rotatable bonds is 9. The second kappa shape index (κ2) is 11.0. The number of hydrogen-bond acceptors (Lipinski definition) is 3. The molecule has 1 fully saturated rings. The molecule has 0 unspecified atom stereocenters. The Labute approximate surface area is 173 Å². The zero-order valence-corrected chi connectivity index (χ0v) is 17.3. The molecule has 1 saturated carbocycles. The van der Waals surface area contributed by atoms with Gasteiger partial charge in [0.2, 0.25) is 0 Å². The lowest BCUT2D eigenvalue weighted by Gasteiger charge is -2.21. The fourth-order valence-corrected chi connectivity index (χ4v) is 3.82. The highest BCUT2D eigenvalue weighted by atomic mass is 19.1. The molecular formula is C25H31FO3. The Morgan fingerprint density at radius 1 is 1.03 bits per heavy atom. The zero-order chi connectivity index (χ0) is 20.5. The number of unbranched alkanes of at least 4 members (excludes halogenated alkanes) is 1. The molecule has 0 spiro atoms. The van der Waals surface area contributed by atoms with Gasteiger partial charge < -0.3 is 9.47 Å². The summed E-state index contributed by atoms with van der Waals surface area (Å²) in [6.45, 7) is 2.60. The molecule has 3 rings (SSSR count). The summed E-state index contributed by atoms with van der Waals surface area (Å²) in [6, 6.07) is 11.8. The summed E-state index contributed by atoms with van der Waals surface area (Å²) in [5, 5.41) is 0. The van der Waals surface area contributed by atoms with Gasteiger partial charge in [-0.05, 0) is 55.0 Å². The Balaban J connectivity index is 1.52. The quantitative estimate of drug-likeness (QED) is 0.267. The highest BCUT2D eigenvalue weighted by Gasteiger charge is 2.16. The lowest BCUT2D eigenvalue weighted by atomic mass is 9.85. The molecule has 0 amide bonds. The Bertz CT molecular complexity index is 779. The third-order valence-electron chi connectivity index (χ3n) is 5.63. The van der Waals surface area contributed by atoms with Crippen molar-refractivity contribution in [3.05, 3.63) is 59.4 Å². The number of hydrogen-bond donors (Lipinski definition) is 0. The van der Waals surface area contributed by atoms with Crippen molar-refractivity contribution in [2.75, 3.05) is 6.61 Å². The van der Waals surface area contributed by atoms with Gasteiger partial charge in [0.1, 0.15) is 17.3 Å². The minimum atomic E-state index is -0.697. The third kappa shape index (κ3) is 6.59. The number of halogens is 1. The van der Waals surface area contributed by atoms with Crippen LogP contribution in [0, 0.1) is 11.7 Å². The van der Waals surface area contributed by atoms with Crippen LogP contribution in [0.1, 0.15) is 74.2 Å². The molecule has 156 valence electrons.